The zero-order chi connectivity index (χ0) is 14.0. The Morgan fingerprint density at radius 2 is 1.68 bits per heavy atom. The Morgan fingerprint density at radius 3 is 2.32 bits per heavy atom. The molecule has 1 atom stereocenters. The Morgan fingerprint density at radius 1 is 1.05 bits per heavy atom. The second kappa shape index (κ2) is 5.96. The molecule has 0 radical (unpaired) electrons. The second-order valence-electron chi connectivity index (χ2n) is 4.85. The predicted molar refractivity (Wildman–Crippen MR) is 83.0 cm³/mol. The van der Waals surface area contributed by atoms with E-state index in [-0.39, 0.29) is 6.04 Å². The van der Waals surface area contributed by atoms with Crippen LogP contribution in [-0.2, 0) is 6.42 Å². The van der Waals surface area contributed by atoms with Crippen molar-refractivity contribution >= 4 is 23.2 Å². The molecule has 2 aromatic carbocycles. The summed E-state index contributed by atoms with van der Waals surface area (Å²) in [5.74, 6) is 0. The monoisotopic (exact) mass is 293 g/mol. The molecule has 0 aromatic heterocycles. The van der Waals surface area contributed by atoms with Gasteiger partial charge in [0.05, 0.1) is 0 Å². The van der Waals surface area contributed by atoms with Crippen molar-refractivity contribution in [2.75, 3.05) is 0 Å². The van der Waals surface area contributed by atoms with Crippen molar-refractivity contribution in [2.45, 2.75) is 26.3 Å². The van der Waals surface area contributed by atoms with Crippen LogP contribution in [0, 0.1) is 13.8 Å². The van der Waals surface area contributed by atoms with E-state index in [0.29, 0.717) is 10.0 Å². The van der Waals surface area contributed by atoms with Gasteiger partial charge in [-0.2, -0.15) is 0 Å². The Kier molecular flexibility index (Phi) is 4.51. The van der Waals surface area contributed by atoms with E-state index >= 15 is 0 Å². The van der Waals surface area contributed by atoms with Gasteiger partial charge in [0.15, 0.2) is 0 Å². The molecule has 0 aliphatic carbocycles. The summed E-state index contributed by atoms with van der Waals surface area (Å²) in [6, 6.07) is 11.5. The molecule has 2 rings (SSSR count). The van der Waals surface area contributed by atoms with Gasteiger partial charge in [-0.3, -0.25) is 0 Å². The third kappa shape index (κ3) is 3.30. The Labute approximate surface area is 124 Å². The number of benzene rings is 2. The lowest BCUT2D eigenvalue weighted by Gasteiger charge is -2.17. The Balaban J connectivity index is 2.31. The molecule has 0 fully saturated rings. The van der Waals surface area contributed by atoms with E-state index in [4.69, 9.17) is 28.9 Å². The van der Waals surface area contributed by atoms with E-state index in [1.807, 2.05) is 6.07 Å². The standard InChI is InChI=1S/C16H17Cl2N/c1-10-4-3-5-11(2)13(10)9-16(19)14-8-12(17)6-7-15(14)18/h3-8,16H,9,19H2,1-2H3. The van der Waals surface area contributed by atoms with Crippen LogP contribution in [-0.4, -0.2) is 0 Å². The highest BCUT2D eigenvalue weighted by molar-refractivity contribution is 6.33. The molecule has 0 aliphatic rings. The summed E-state index contributed by atoms with van der Waals surface area (Å²) in [4.78, 5) is 0. The highest BCUT2D eigenvalue weighted by atomic mass is 35.5. The van der Waals surface area contributed by atoms with Gasteiger partial charge in [-0.1, -0.05) is 41.4 Å². The molecule has 0 amide bonds. The van der Waals surface area contributed by atoms with Gasteiger partial charge in [-0.05, 0) is 60.7 Å². The van der Waals surface area contributed by atoms with Crippen molar-refractivity contribution in [1.29, 1.82) is 0 Å². The molecule has 0 bridgehead atoms. The maximum absolute atomic E-state index is 6.29. The van der Waals surface area contributed by atoms with Crippen molar-refractivity contribution in [3.63, 3.8) is 0 Å². The predicted octanol–water partition coefficient (Wildman–Crippen LogP) is 4.85. The molecule has 0 spiro atoms. The first-order valence-corrected chi connectivity index (χ1v) is 7.00. The molecule has 3 heteroatoms. The lowest BCUT2D eigenvalue weighted by molar-refractivity contribution is 0.716. The highest BCUT2D eigenvalue weighted by Crippen LogP contribution is 2.28. The normalized spacial score (nSPS) is 12.5. The summed E-state index contributed by atoms with van der Waals surface area (Å²) < 4.78 is 0. The van der Waals surface area contributed by atoms with Gasteiger partial charge in [-0.15, -0.1) is 0 Å². The molecule has 100 valence electrons. The molecule has 0 saturated heterocycles. The topological polar surface area (TPSA) is 26.0 Å². The molecule has 19 heavy (non-hydrogen) atoms. The summed E-state index contributed by atoms with van der Waals surface area (Å²) in [5, 5.41) is 1.33. The first-order valence-electron chi connectivity index (χ1n) is 6.24. The smallest absolute Gasteiger partial charge is 0.0454 e. The van der Waals surface area contributed by atoms with Crippen molar-refractivity contribution < 1.29 is 0 Å². The molecule has 0 aliphatic heterocycles. The van der Waals surface area contributed by atoms with Crippen molar-refractivity contribution in [3.05, 3.63) is 68.7 Å². The minimum absolute atomic E-state index is 0.147. The van der Waals surface area contributed by atoms with Gasteiger partial charge in [0.1, 0.15) is 0 Å². The van der Waals surface area contributed by atoms with E-state index < -0.39 is 0 Å². The van der Waals surface area contributed by atoms with Crippen LogP contribution in [0.15, 0.2) is 36.4 Å². The summed E-state index contributed by atoms with van der Waals surface area (Å²) >= 11 is 12.2. The average Bonchev–Trinajstić information content (AvgIpc) is 2.37. The van der Waals surface area contributed by atoms with Crippen LogP contribution in [0.2, 0.25) is 10.0 Å². The van der Waals surface area contributed by atoms with Gasteiger partial charge in [0.2, 0.25) is 0 Å². The fourth-order valence-electron chi connectivity index (χ4n) is 2.30. The summed E-state index contributed by atoms with van der Waals surface area (Å²) in [7, 11) is 0. The maximum Gasteiger partial charge on any atom is 0.0454 e. The van der Waals surface area contributed by atoms with E-state index in [1.165, 1.54) is 16.7 Å². The van der Waals surface area contributed by atoms with Gasteiger partial charge in [0, 0.05) is 16.1 Å². The van der Waals surface area contributed by atoms with Crippen LogP contribution in [0.25, 0.3) is 0 Å². The number of halogens is 2. The molecule has 2 aromatic rings. The van der Waals surface area contributed by atoms with E-state index in [2.05, 4.69) is 32.0 Å². The summed E-state index contributed by atoms with van der Waals surface area (Å²) in [5.41, 5.74) is 11.0. The SMILES string of the molecule is Cc1cccc(C)c1CC(N)c1cc(Cl)ccc1Cl. The largest absolute Gasteiger partial charge is 0.324 e. The third-order valence-electron chi connectivity index (χ3n) is 3.43. The molecule has 0 saturated carbocycles. The van der Waals surface area contributed by atoms with Gasteiger partial charge in [0.25, 0.3) is 0 Å². The number of nitrogens with two attached hydrogens (primary N) is 1. The van der Waals surface area contributed by atoms with Crippen molar-refractivity contribution in [1.82, 2.24) is 0 Å². The van der Waals surface area contributed by atoms with Crippen molar-refractivity contribution in [3.8, 4) is 0 Å². The Bertz CT molecular complexity index is 573. The number of hydrogen-bond acceptors (Lipinski definition) is 1. The zero-order valence-corrected chi connectivity index (χ0v) is 12.6. The molecular weight excluding hydrogens is 277 g/mol. The lowest BCUT2D eigenvalue weighted by atomic mass is 9.93. The molecule has 0 heterocycles. The molecule has 2 N–H and O–H groups in total. The van der Waals surface area contributed by atoms with E-state index in [1.54, 1.807) is 12.1 Å². The van der Waals surface area contributed by atoms with E-state index in [0.717, 1.165) is 12.0 Å². The Hall–Kier alpha value is -1.02. The maximum atomic E-state index is 6.29. The fourth-order valence-corrected chi connectivity index (χ4v) is 2.74. The fraction of sp³-hybridized carbons (Fsp3) is 0.250. The van der Waals surface area contributed by atoms with Crippen LogP contribution >= 0.6 is 23.2 Å². The van der Waals surface area contributed by atoms with Crippen LogP contribution in [0.5, 0.6) is 0 Å². The summed E-state index contributed by atoms with van der Waals surface area (Å²) in [6.45, 7) is 4.21. The first kappa shape index (κ1) is 14.4. The van der Waals surface area contributed by atoms with Crippen LogP contribution in [0.3, 0.4) is 0 Å². The molecule has 1 nitrogen and oxygen atoms in total. The third-order valence-corrected chi connectivity index (χ3v) is 4.01. The van der Waals surface area contributed by atoms with Crippen molar-refractivity contribution in [2.24, 2.45) is 5.73 Å². The van der Waals surface area contributed by atoms with Crippen LogP contribution in [0.1, 0.15) is 28.3 Å². The molecule has 1 unspecified atom stereocenters. The van der Waals surface area contributed by atoms with Crippen LogP contribution in [0.4, 0.5) is 0 Å². The zero-order valence-electron chi connectivity index (χ0n) is 11.1. The quantitative estimate of drug-likeness (QED) is 0.860. The number of rotatable bonds is 3. The number of aryl methyl sites for hydroxylation is 2. The van der Waals surface area contributed by atoms with E-state index in [9.17, 15) is 0 Å². The minimum atomic E-state index is -0.147. The van der Waals surface area contributed by atoms with Crippen LogP contribution < -0.4 is 5.73 Å². The summed E-state index contributed by atoms with van der Waals surface area (Å²) in [6.07, 6.45) is 0.762. The van der Waals surface area contributed by atoms with Gasteiger partial charge < -0.3 is 5.73 Å². The minimum Gasteiger partial charge on any atom is -0.324 e. The lowest BCUT2D eigenvalue weighted by Crippen LogP contribution is -2.15. The number of hydrogen-bond donors (Lipinski definition) is 1. The first-order chi connectivity index (χ1) is 8.99. The molecular formula is C16H17Cl2N. The highest BCUT2D eigenvalue weighted by Gasteiger charge is 2.14. The van der Waals surface area contributed by atoms with Gasteiger partial charge in [-0.25, -0.2) is 0 Å². The average molecular weight is 294 g/mol. The second-order valence-corrected chi connectivity index (χ2v) is 5.69. The van der Waals surface area contributed by atoms with Gasteiger partial charge >= 0.3 is 0 Å².